The van der Waals surface area contributed by atoms with Crippen LogP contribution >= 0.6 is 11.3 Å². The number of carbonyl (C=O) groups is 1. The highest BCUT2D eigenvalue weighted by atomic mass is 32.1. The predicted molar refractivity (Wildman–Crippen MR) is 160 cm³/mol. The summed E-state index contributed by atoms with van der Waals surface area (Å²) in [5.74, 6) is 1.61. The molecule has 0 spiro atoms. The minimum absolute atomic E-state index is 0.0897. The summed E-state index contributed by atoms with van der Waals surface area (Å²) in [5.41, 5.74) is 4.37. The largest absolute Gasteiger partial charge is 0.497 e. The molecule has 5 nitrogen and oxygen atoms in total. The second kappa shape index (κ2) is 14.6. The first-order valence-corrected chi connectivity index (χ1v) is 14.6. The van der Waals surface area contributed by atoms with E-state index in [-0.39, 0.29) is 5.91 Å². The Kier molecular flexibility index (Phi) is 10.7. The van der Waals surface area contributed by atoms with Crippen molar-refractivity contribution in [2.75, 3.05) is 20.2 Å². The lowest BCUT2D eigenvalue weighted by atomic mass is 9.88. The highest BCUT2D eigenvalue weighted by Gasteiger charge is 2.18. The first kappa shape index (κ1) is 28.5. The number of methoxy groups -OCH3 is 1. The average molecular weight is 542 g/mol. The van der Waals surface area contributed by atoms with Crippen molar-refractivity contribution in [3.8, 4) is 5.75 Å². The number of aromatic nitrogens is 1. The van der Waals surface area contributed by atoms with Crippen molar-refractivity contribution in [2.45, 2.75) is 45.7 Å². The topological polar surface area (TPSA) is 54.5 Å². The van der Waals surface area contributed by atoms with Crippen LogP contribution in [0.25, 0.3) is 0 Å². The van der Waals surface area contributed by atoms with Gasteiger partial charge < -0.3 is 10.1 Å². The molecule has 0 aliphatic carbocycles. The first-order chi connectivity index (χ1) is 19.0. The van der Waals surface area contributed by atoms with Crippen LogP contribution < -0.4 is 10.1 Å². The molecule has 0 aliphatic rings. The fourth-order valence-corrected chi connectivity index (χ4v) is 5.47. The van der Waals surface area contributed by atoms with Crippen molar-refractivity contribution >= 4 is 17.2 Å². The third kappa shape index (κ3) is 8.77. The van der Waals surface area contributed by atoms with E-state index in [4.69, 9.17) is 9.72 Å². The molecule has 39 heavy (non-hydrogen) atoms. The van der Waals surface area contributed by atoms with Gasteiger partial charge >= 0.3 is 0 Å². The van der Waals surface area contributed by atoms with Crippen LogP contribution in [0.4, 0.5) is 0 Å². The number of benzene rings is 3. The second-order valence-corrected chi connectivity index (χ2v) is 11.2. The third-order valence-corrected chi connectivity index (χ3v) is 7.69. The summed E-state index contributed by atoms with van der Waals surface area (Å²) in [7, 11) is 1.69. The predicted octanol–water partition coefficient (Wildman–Crippen LogP) is 7.15. The number of carbonyl (C=O) groups excluding carboxylic acids is 1. The summed E-state index contributed by atoms with van der Waals surface area (Å²) in [6.07, 6.45) is 1.93. The fraction of sp³-hybridized carbons (Fsp3) is 0.333. The number of hydrogen-bond donors (Lipinski definition) is 1. The Balaban J connectivity index is 1.50. The number of ether oxygens (including phenoxy) is 1. The lowest BCUT2D eigenvalue weighted by Gasteiger charge is -2.25. The van der Waals surface area contributed by atoms with Gasteiger partial charge in [0.25, 0.3) is 5.91 Å². The standard InChI is InChI=1S/C33H39N3O2S/c1-25(2)18-20-34-33(37)31-24-39-32(35-31)23-36(22-26-14-16-29(38-3)17-15-26)21-19-30(27-10-6-4-7-11-27)28-12-8-5-9-13-28/h4-17,24-25,30H,18-23H2,1-3H3,(H,34,37). The Labute approximate surface area is 236 Å². The number of nitrogens with zero attached hydrogens (tertiary/aromatic N) is 2. The van der Waals surface area contributed by atoms with Gasteiger partial charge in [0.15, 0.2) is 0 Å². The molecule has 0 fully saturated rings. The average Bonchev–Trinajstić information content (AvgIpc) is 3.43. The molecule has 1 heterocycles. The molecule has 0 radical (unpaired) electrons. The number of rotatable bonds is 14. The van der Waals surface area contributed by atoms with Gasteiger partial charge in [-0.25, -0.2) is 4.98 Å². The Morgan fingerprint density at radius 2 is 1.54 bits per heavy atom. The van der Waals surface area contributed by atoms with Gasteiger partial charge in [0.1, 0.15) is 16.5 Å². The molecule has 0 saturated carbocycles. The van der Waals surface area contributed by atoms with Crippen molar-refractivity contribution in [1.82, 2.24) is 15.2 Å². The number of nitrogens with one attached hydrogen (secondary N) is 1. The zero-order valence-corrected chi connectivity index (χ0v) is 24.0. The van der Waals surface area contributed by atoms with E-state index in [1.54, 1.807) is 18.4 Å². The van der Waals surface area contributed by atoms with Crippen molar-refractivity contribution < 1.29 is 9.53 Å². The SMILES string of the molecule is COc1ccc(CN(CCC(c2ccccc2)c2ccccc2)Cc2nc(C(=O)NCCC(C)C)cs2)cc1. The minimum Gasteiger partial charge on any atom is -0.497 e. The summed E-state index contributed by atoms with van der Waals surface area (Å²) in [6, 6.07) is 29.7. The molecule has 0 unspecified atom stereocenters. The molecular formula is C33H39N3O2S. The maximum Gasteiger partial charge on any atom is 0.270 e. The summed E-state index contributed by atoms with van der Waals surface area (Å²) in [4.78, 5) is 19.7. The van der Waals surface area contributed by atoms with Crippen LogP contribution in [0, 0.1) is 5.92 Å². The highest BCUT2D eigenvalue weighted by Crippen LogP contribution is 2.29. The molecule has 1 aromatic heterocycles. The summed E-state index contributed by atoms with van der Waals surface area (Å²) < 4.78 is 5.35. The van der Waals surface area contributed by atoms with Crippen LogP contribution in [0.3, 0.4) is 0 Å². The molecule has 0 saturated heterocycles. The zero-order chi connectivity index (χ0) is 27.5. The molecule has 204 valence electrons. The van der Waals surface area contributed by atoms with Crippen LogP contribution in [-0.2, 0) is 13.1 Å². The van der Waals surface area contributed by atoms with Crippen LogP contribution in [0.1, 0.15) is 64.8 Å². The van der Waals surface area contributed by atoms with Crippen molar-refractivity contribution in [2.24, 2.45) is 5.92 Å². The van der Waals surface area contributed by atoms with E-state index in [9.17, 15) is 4.79 Å². The normalized spacial score (nSPS) is 11.3. The highest BCUT2D eigenvalue weighted by molar-refractivity contribution is 7.09. The van der Waals surface area contributed by atoms with Gasteiger partial charge in [-0.1, -0.05) is 86.6 Å². The monoisotopic (exact) mass is 541 g/mol. The van der Waals surface area contributed by atoms with E-state index in [1.165, 1.54) is 16.7 Å². The summed E-state index contributed by atoms with van der Waals surface area (Å²) in [6.45, 7) is 7.35. The van der Waals surface area contributed by atoms with E-state index in [0.717, 1.165) is 36.7 Å². The molecule has 1 amide bonds. The van der Waals surface area contributed by atoms with Gasteiger partial charge in [0, 0.05) is 24.4 Å². The molecule has 1 N–H and O–H groups in total. The van der Waals surface area contributed by atoms with Gasteiger partial charge in [-0.05, 0) is 54.1 Å². The van der Waals surface area contributed by atoms with Gasteiger partial charge in [-0.3, -0.25) is 9.69 Å². The zero-order valence-electron chi connectivity index (χ0n) is 23.2. The Hall–Kier alpha value is -3.48. The molecule has 0 aliphatic heterocycles. The van der Waals surface area contributed by atoms with Crippen molar-refractivity contribution in [3.63, 3.8) is 0 Å². The quantitative estimate of drug-likeness (QED) is 0.184. The molecule has 0 bridgehead atoms. The van der Waals surface area contributed by atoms with Gasteiger partial charge in [0.05, 0.1) is 13.7 Å². The molecule has 0 atom stereocenters. The lowest BCUT2D eigenvalue weighted by Crippen LogP contribution is -2.27. The van der Waals surface area contributed by atoms with Crippen LogP contribution in [0.5, 0.6) is 5.75 Å². The van der Waals surface area contributed by atoms with E-state index in [2.05, 4.69) is 96.9 Å². The number of thiazole rings is 1. The van der Waals surface area contributed by atoms with Gasteiger partial charge in [-0.2, -0.15) is 0 Å². The van der Waals surface area contributed by atoms with Gasteiger partial charge in [-0.15, -0.1) is 11.3 Å². The molecular weight excluding hydrogens is 502 g/mol. The minimum atomic E-state index is -0.0897. The van der Waals surface area contributed by atoms with Crippen LogP contribution in [0.15, 0.2) is 90.3 Å². The number of hydrogen-bond acceptors (Lipinski definition) is 5. The van der Waals surface area contributed by atoms with E-state index in [0.29, 0.717) is 30.6 Å². The Morgan fingerprint density at radius 1 is 0.897 bits per heavy atom. The maximum atomic E-state index is 12.6. The van der Waals surface area contributed by atoms with Crippen LogP contribution in [0.2, 0.25) is 0 Å². The van der Waals surface area contributed by atoms with Gasteiger partial charge in [0.2, 0.25) is 0 Å². The number of amides is 1. The second-order valence-electron chi connectivity index (χ2n) is 10.3. The summed E-state index contributed by atoms with van der Waals surface area (Å²) >= 11 is 1.56. The fourth-order valence-electron chi connectivity index (χ4n) is 4.66. The molecule has 6 heteroatoms. The van der Waals surface area contributed by atoms with E-state index >= 15 is 0 Å². The first-order valence-electron chi connectivity index (χ1n) is 13.7. The summed E-state index contributed by atoms with van der Waals surface area (Å²) in [5, 5.41) is 5.83. The maximum absolute atomic E-state index is 12.6. The lowest BCUT2D eigenvalue weighted by molar-refractivity contribution is 0.0947. The molecule has 3 aromatic carbocycles. The van der Waals surface area contributed by atoms with E-state index in [1.807, 2.05) is 17.5 Å². The van der Waals surface area contributed by atoms with Crippen molar-refractivity contribution in [1.29, 1.82) is 0 Å². The van der Waals surface area contributed by atoms with E-state index < -0.39 is 0 Å². The van der Waals surface area contributed by atoms with Crippen LogP contribution in [-0.4, -0.2) is 36.0 Å². The smallest absolute Gasteiger partial charge is 0.270 e. The molecule has 4 aromatic rings. The third-order valence-electron chi connectivity index (χ3n) is 6.85. The Morgan fingerprint density at radius 3 is 2.13 bits per heavy atom. The molecule has 4 rings (SSSR count). The van der Waals surface area contributed by atoms with Crippen molar-refractivity contribution in [3.05, 3.63) is 118 Å². The Bertz CT molecular complexity index is 1230.